The van der Waals surface area contributed by atoms with E-state index < -0.39 is 0 Å². The molecule has 0 spiro atoms. The van der Waals surface area contributed by atoms with E-state index in [0.717, 1.165) is 39.0 Å². The minimum atomic E-state index is 0.706. The normalized spacial score (nSPS) is 11.7. The van der Waals surface area contributed by atoms with Crippen LogP contribution in [0.25, 0.3) is 93.7 Å². The summed E-state index contributed by atoms with van der Waals surface area (Å²) in [6.45, 7) is 0. The molecule has 0 unspecified atom stereocenters. The van der Waals surface area contributed by atoms with E-state index in [4.69, 9.17) is 9.97 Å². The van der Waals surface area contributed by atoms with Gasteiger partial charge in [0.1, 0.15) is 0 Å². The summed E-state index contributed by atoms with van der Waals surface area (Å²) in [5.41, 5.74) is 9.68. The van der Waals surface area contributed by atoms with Crippen molar-refractivity contribution < 1.29 is 0 Å². The van der Waals surface area contributed by atoms with Crippen molar-refractivity contribution in [3.05, 3.63) is 176 Å². The van der Waals surface area contributed by atoms with Crippen LogP contribution in [0.4, 0.5) is 0 Å². The number of fused-ring (bicyclic) bond motifs is 8. The van der Waals surface area contributed by atoms with E-state index >= 15 is 0 Å². The van der Waals surface area contributed by atoms with Crippen LogP contribution < -0.4 is 0 Å². The van der Waals surface area contributed by atoms with Gasteiger partial charge < -0.3 is 4.57 Å². The minimum absolute atomic E-state index is 0.706. The Morgan fingerprint density at radius 1 is 0.367 bits per heavy atom. The molecule has 0 fully saturated rings. The lowest BCUT2D eigenvalue weighted by Crippen LogP contribution is -1.98. The molecule has 10 aromatic rings. The summed E-state index contributed by atoms with van der Waals surface area (Å²) in [7, 11) is 0. The third-order valence-electron chi connectivity index (χ3n) is 9.75. The summed E-state index contributed by atoms with van der Waals surface area (Å²) in [6.07, 6.45) is 0. The van der Waals surface area contributed by atoms with Crippen LogP contribution in [0.5, 0.6) is 0 Å². The van der Waals surface area contributed by atoms with Crippen molar-refractivity contribution in [1.29, 1.82) is 0 Å². The Morgan fingerprint density at radius 3 is 1.67 bits per heavy atom. The van der Waals surface area contributed by atoms with E-state index in [1.807, 2.05) is 6.07 Å². The smallest absolute Gasteiger partial charge is 0.160 e. The van der Waals surface area contributed by atoms with Crippen molar-refractivity contribution in [2.45, 2.75) is 0 Å². The monoisotopic (exact) mass is 623 g/mol. The van der Waals surface area contributed by atoms with Crippen LogP contribution in [0.3, 0.4) is 0 Å². The third-order valence-corrected chi connectivity index (χ3v) is 9.75. The fraction of sp³-hybridized carbons (Fsp3) is 0. The second kappa shape index (κ2) is 11.0. The number of nitrogens with zero attached hydrogens (tertiary/aromatic N) is 3. The molecule has 49 heavy (non-hydrogen) atoms. The van der Waals surface area contributed by atoms with Gasteiger partial charge in [-0.1, -0.05) is 140 Å². The summed E-state index contributed by atoms with van der Waals surface area (Å²) >= 11 is 0. The first-order chi connectivity index (χ1) is 24.3. The zero-order valence-corrected chi connectivity index (χ0v) is 26.6. The van der Waals surface area contributed by atoms with Gasteiger partial charge in [-0.2, -0.15) is 0 Å². The van der Waals surface area contributed by atoms with Crippen molar-refractivity contribution in [2.75, 3.05) is 0 Å². The van der Waals surface area contributed by atoms with Gasteiger partial charge in [0.2, 0.25) is 0 Å². The molecule has 0 saturated heterocycles. The molecule has 2 heterocycles. The Morgan fingerprint density at radius 2 is 0.939 bits per heavy atom. The van der Waals surface area contributed by atoms with Gasteiger partial charge in [0, 0.05) is 33.0 Å². The van der Waals surface area contributed by atoms with Gasteiger partial charge in [-0.3, -0.25) is 0 Å². The molecule has 10 rings (SSSR count). The molecular weight excluding hydrogens is 595 g/mol. The molecule has 228 valence electrons. The first-order valence-corrected chi connectivity index (χ1v) is 16.7. The van der Waals surface area contributed by atoms with Crippen LogP contribution in [0, 0.1) is 0 Å². The van der Waals surface area contributed by atoms with Crippen molar-refractivity contribution in [1.82, 2.24) is 14.5 Å². The van der Waals surface area contributed by atoms with Crippen molar-refractivity contribution in [2.24, 2.45) is 0 Å². The first-order valence-electron chi connectivity index (χ1n) is 16.7. The molecule has 3 nitrogen and oxygen atoms in total. The van der Waals surface area contributed by atoms with Crippen LogP contribution in [0.15, 0.2) is 176 Å². The quantitative estimate of drug-likeness (QED) is 0.195. The molecular formula is C46H29N3. The van der Waals surface area contributed by atoms with Crippen molar-refractivity contribution in [3.8, 4) is 39.5 Å². The van der Waals surface area contributed by atoms with Crippen LogP contribution >= 0.6 is 0 Å². The van der Waals surface area contributed by atoms with E-state index in [0.29, 0.717) is 5.82 Å². The summed E-state index contributed by atoms with van der Waals surface area (Å²) in [5, 5.41) is 8.59. The summed E-state index contributed by atoms with van der Waals surface area (Å²) in [4.78, 5) is 10.4. The van der Waals surface area contributed by atoms with E-state index in [-0.39, 0.29) is 0 Å². The maximum atomic E-state index is 5.28. The fourth-order valence-corrected chi connectivity index (χ4v) is 7.51. The van der Waals surface area contributed by atoms with E-state index in [1.54, 1.807) is 0 Å². The highest BCUT2D eigenvalue weighted by Crippen LogP contribution is 2.41. The lowest BCUT2D eigenvalue weighted by atomic mass is 9.99. The maximum Gasteiger partial charge on any atom is 0.160 e. The highest BCUT2D eigenvalue weighted by atomic mass is 15.0. The second-order valence-corrected chi connectivity index (χ2v) is 12.6. The van der Waals surface area contributed by atoms with E-state index in [9.17, 15) is 0 Å². The van der Waals surface area contributed by atoms with Gasteiger partial charge in [-0.05, 0) is 69.1 Å². The topological polar surface area (TPSA) is 30.7 Å². The molecule has 0 bridgehead atoms. The Bertz CT molecular complexity index is 2790. The fourth-order valence-electron chi connectivity index (χ4n) is 7.51. The summed E-state index contributed by atoms with van der Waals surface area (Å²) in [5.74, 6) is 0.706. The first kappa shape index (κ1) is 27.5. The number of rotatable bonds is 4. The largest absolute Gasteiger partial charge is 0.309 e. The number of hydrogen-bond donors (Lipinski definition) is 0. The lowest BCUT2D eigenvalue weighted by molar-refractivity contribution is 1.17. The van der Waals surface area contributed by atoms with Gasteiger partial charge in [0.25, 0.3) is 0 Å². The molecule has 0 amide bonds. The Labute approximate surface area is 283 Å². The van der Waals surface area contributed by atoms with Crippen LogP contribution in [-0.4, -0.2) is 14.5 Å². The summed E-state index contributed by atoms with van der Waals surface area (Å²) < 4.78 is 2.40. The molecule has 3 heteroatoms. The average molecular weight is 624 g/mol. The van der Waals surface area contributed by atoms with E-state index in [2.05, 4.69) is 174 Å². The average Bonchev–Trinajstić information content (AvgIpc) is 3.53. The van der Waals surface area contributed by atoms with Gasteiger partial charge in [-0.15, -0.1) is 0 Å². The maximum absolute atomic E-state index is 5.28. The standard InChI is InChI=1S/C46H29N3/c1-2-12-30(13-3-1)33-16-10-17-34(28-33)45-39-22-8-9-23-40(39)47-46(48-45)35-18-11-19-36(29-35)49-41-26-24-31-14-4-6-20-37(31)43(41)44-38-21-7-5-15-32(38)25-27-42(44)49/h1-29H. The number of aromatic nitrogens is 3. The van der Waals surface area contributed by atoms with Crippen molar-refractivity contribution >= 4 is 54.3 Å². The van der Waals surface area contributed by atoms with Crippen LogP contribution in [0.2, 0.25) is 0 Å². The zero-order chi connectivity index (χ0) is 32.3. The molecule has 8 aromatic carbocycles. The SMILES string of the molecule is c1ccc(-c2cccc(-c3nc(-c4cccc(-n5c6ccc7ccccc7c6c6c7ccccc7ccc65)c4)nc4ccccc34)c2)cc1. The van der Waals surface area contributed by atoms with Gasteiger partial charge >= 0.3 is 0 Å². The molecule has 0 atom stereocenters. The van der Waals surface area contributed by atoms with Gasteiger partial charge in [0.15, 0.2) is 5.82 Å². The zero-order valence-electron chi connectivity index (χ0n) is 26.6. The number of benzene rings is 8. The van der Waals surface area contributed by atoms with Gasteiger partial charge in [-0.25, -0.2) is 9.97 Å². The predicted molar refractivity (Wildman–Crippen MR) is 205 cm³/mol. The van der Waals surface area contributed by atoms with Crippen LogP contribution in [0.1, 0.15) is 0 Å². The molecule has 0 saturated carbocycles. The minimum Gasteiger partial charge on any atom is -0.309 e. The second-order valence-electron chi connectivity index (χ2n) is 12.6. The van der Waals surface area contributed by atoms with E-state index in [1.165, 1.54) is 48.9 Å². The lowest BCUT2D eigenvalue weighted by Gasteiger charge is -2.13. The molecule has 0 aliphatic rings. The number of hydrogen-bond acceptors (Lipinski definition) is 2. The highest BCUT2D eigenvalue weighted by Gasteiger charge is 2.18. The summed E-state index contributed by atoms with van der Waals surface area (Å²) in [6, 6.07) is 62.6. The predicted octanol–water partition coefficient (Wildman–Crippen LogP) is 12.0. The van der Waals surface area contributed by atoms with Gasteiger partial charge in [0.05, 0.1) is 22.2 Å². The highest BCUT2D eigenvalue weighted by molar-refractivity contribution is 6.28. The molecule has 0 radical (unpaired) electrons. The molecule has 0 aliphatic carbocycles. The molecule has 0 N–H and O–H groups in total. The Kier molecular flexibility index (Phi) is 6.18. The Hall–Kier alpha value is -6.58. The van der Waals surface area contributed by atoms with Crippen LogP contribution in [-0.2, 0) is 0 Å². The third kappa shape index (κ3) is 4.44. The Balaban J connectivity index is 1.20. The number of para-hydroxylation sites is 1. The van der Waals surface area contributed by atoms with Crippen molar-refractivity contribution in [3.63, 3.8) is 0 Å². The molecule has 2 aromatic heterocycles. The molecule has 0 aliphatic heterocycles.